The molecule has 0 aliphatic carbocycles. The van der Waals surface area contributed by atoms with Crippen molar-refractivity contribution in [1.29, 1.82) is 0 Å². The third kappa shape index (κ3) is 3.20. The number of rotatable bonds is 1. The van der Waals surface area contributed by atoms with Gasteiger partial charge < -0.3 is 0 Å². The Kier molecular flexibility index (Phi) is 2.58. The van der Waals surface area contributed by atoms with E-state index in [1.54, 1.807) is 0 Å². The van der Waals surface area contributed by atoms with Gasteiger partial charge in [-0.15, -0.1) is 0 Å². The highest BCUT2D eigenvalue weighted by Crippen LogP contribution is 2.35. The van der Waals surface area contributed by atoms with Crippen molar-refractivity contribution >= 4 is 0 Å². The molecule has 0 amide bonds. The van der Waals surface area contributed by atoms with Crippen LogP contribution in [0.4, 0.5) is 35.1 Å². The van der Waals surface area contributed by atoms with E-state index in [0.717, 1.165) is 0 Å². The monoisotopic (exact) mass is 203 g/mol. The van der Waals surface area contributed by atoms with Crippen LogP contribution >= 0.6 is 0 Å². The summed E-state index contributed by atoms with van der Waals surface area (Å²) in [7, 11) is 0. The van der Waals surface area contributed by atoms with Crippen LogP contribution in [0.25, 0.3) is 0 Å². The van der Waals surface area contributed by atoms with Gasteiger partial charge in [-0.25, -0.2) is 0 Å². The Morgan fingerprint density at radius 2 is 1.00 bits per heavy atom. The van der Waals surface area contributed by atoms with Crippen LogP contribution in [-0.2, 0) is 0 Å². The molecule has 0 aromatic heterocycles. The van der Waals surface area contributed by atoms with Gasteiger partial charge in [-0.3, -0.25) is 0 Å². The molecule has 0 saturated heterocycles. The summed E-state index contributed by atoms with van der Waals surface area (Å²) in [5, 5.41) is -0.823. The predicted molar refractivity (Wildman–Crippen MR) is 20.2 cm³/mol. The third-order valence-electron chi connectivity index (χ3n) is 0.655. The van der Waals surface area contributed by atoms with Crippen molar-refractivity contribution in [3.63, 3.8) is 0 Å². The van der Waals surface area contributed by atoms with Gasteiger partial charge in [0.2, 0.25) is 0 Å². The number of halogens is 8. The second-order valence-corrected chi connectivity index (χ2v) is 1.69. The van der Waals surface area contributed by atoms with Crippen molar-refractivity contribution in [2.24, 2.45) is 0 Å². The van der Waals surface area contributed by atoms with Crippen molar-refractivity contribution in [2.75, 3.05) is 0 Å². The van der Waals surface area contributed by atoms with Gasteiger partial charge in [-0.1, -0.05) is 0 Å². The van der Waals surface area contributed by atoms with E-state index in [2.05, 4.69) is 0 Å². The SMILES string of the molecule is FC(F)(F)NC(F)(F)C(F)(F)F. The zero-order valence-corrected chi connectivity index (χ0v) is 5.02. The van der Waals surface area contributed by atoms with Crippen molar-refractivity contribution < 1.29 is 35.1 Å². The summed E-state index contributed by atoms with van der Waals surface area (Å²) in [6.07, 6.45) is -12.0. The molecule has 0 saturated carbocycles. The molecule has 0 unspecified atom stereocenters. The van der Waals surface area contributed by atoms with Gasteiger partial charge >= 0.3 is 18.5 Å². The Morgan fingerprint density at radius 1 is 0.667 bits per heavy atom. The molecule has 0 heterocycles. The van der Waals surface area contributed by atoms with Gasteiger partial charge in [-0.2, -0.15) is 40.4 Å². The molecule has 0 spiro atoms. The molecule has 0 fully saturated rings. The van der Waals surface area contributed by atoms with Crippen LogP contribution in [0, 0.1) is 0 Å². The van der Waals surface area contributed by atoms with E-state index in [1.165, 1.54) is 0 Å². The van der Waals surface area contributed by atoms with Crippen LogP contribution in [0.15, 0.2) is 0 Å². The van der Waals surface area contributed by atoms with E-state index in [4.69, 9.17) is 0 Å². The molecule has 74 valence electrons. The second-order valence-electron chi connectivity index (χ2n) is 1.69. The van der Waals surface area contributed by atoms with E-state index >= 15 is 0 Å². The number of hydrogen-bond acceptors (Lipinski definition) is 1. The van der Waals surface area contributed by atoms with Crippen LogP contribution in [0.3, 0.4) is 0 Å². The fraction of sp³-hybridized carbons (Fsp3) is 1.00. The van der Waals surface area contributed by atoms with E-state index < -0.39 is 23.8 Å². The van der Waals surface area contributed by atoms with Gasteiger partial charge in [0, 0.05) is 0 Å². The third-order valence-corrected chi connectivity index (χ3v) is 0.655. The van der Waals surface area contributed by atoms with Crippen LogP contribution in [0.2, 0.25) is 0 Å². The summed E-state index contributed by atoms with van der Waals surface area (Å²) in [6.45, 7) is 0. The number of alkyl halides is 8. The molecule has 0 atom stereocenters. The van der Waals surface area contributed by atoms with Crippen LogP contribution in [0.5, 0.6) is 0 Å². The van der Waals surface area contributed by atoms with E-state index in [9.17, 15) is 35.1 Å². The van der Waals surface area contributed by atoms with Crippen LogP contribution in [0.1, 0.15) is 0 Å². The zero-order valence-electron chi connectivity index (χ0n) is 5.02. The average Bonchev–Trinajstić information content (AvgIpc) is 1.52. The summed E-state index contributed by atoms with van der Waals surface area (Å²) >= 11 is 0. The molecular weight excluding hydrogens is 202 g/mol. The number of hydrogen-bond donors (Lipinski definition) is 1. The zero-order chi connectivity index (χ0) is 10.2. The smallest absolute Gasteiger partial charge is 0.178 e. The molecule has 0 aromatic rings. The first kappa shape index (κ1) is 11.4. The van der Waals surface area contributed by atoms with E-state index in [0.29, 0.717) is 0 Å². The lowest BCUT2D eigenvalue weighted by molar-refractivity contribution is -0.334. The molecular formula is C3HF8N. The van der Waals surface area contributed by atoms with E-state index in [1.807, 2.05) is 0 Å². The van der Waals surface area contributed by atoms with Gasteiger partial charge in [0.05, 0.1) is 0 Å². The van der Waals surface area contributed by atoms with Crippen molar-refractivity contribution in [2.45, 2.75) is 18.5 Å². The summed E-state index contributed by atoms with van der Waals surface area (Å²) in [4.78, 5) is 0. The van der Waals surface area contributed by atoms with Gasteiger partial charge in [0.1, 0.15) is 0 Å². The molecule has 0 aromatic carbocycles. The number of nitrogens with one attached hydrogen (secondary N) is 1. The van der Waals surface area contributed by atoms with E-state index in [-0.39, 0.29) is 0 Å². The standard InChI is InChI=1S/C3HF8N/c4-1(5,6)2(7,8)12-3(9,10)11/h12H. The van der Waals surface area contributed by atoms with Gasteiger partial charge in [0.25, 0.3) is 0 Å². The first-order chi connectivity index (χ1) is 4.96. The highest BCUT2D eigenvalue weighted by Gasteiger charge is 2.62. The Balaban J connectivity index is 4.44. The normalized spacial score (nSPS) is 15.0. The minimum atomic E-state index is -6.26. The highest BCUT2D eigenvalue weighted by molar-refractivity contribution is 4.73. The fourth-order valence-electron chi connectivity index (χ4n) is 0.249. The maximum Gasteiger partial charge on any atom is 0.469 e. The van der Waals surface area contributed by atoms with Gasteiger partial charge in [0.15, 0.2) is 0 Å². The van der Waals surface area contributed by atoms with Crippen LogP contribution in [-0.4, -0.2) is 18.5 Å². The molecule has 0 aliphatic heterocycles. The van der Waals surface area contributed by atoms with Gasteiger partial charge in [-0.05, 0) is 0 Å². The lowest BCUT2D eigenvalue weighted by Crippen LogP contribution is -2.55. The topological polar surface area (TPSA) is 12.0 Å². The minimum absolute atomic E-state index is 0.823. The van der Waals surface area contributed by atoms with Crippen molar-refractivity contribution in [3.05, 3.63) is 0 Å². The molecule has 0 rings (SSSR count). The maximum absolute atomic E-state index is 11.5. The summed E-state index contributed by atoms with van der Waals surface area (Å²) < 4.78 is 89.1. The lowest BCUT2D eigenvalue weighted by Gasteiger charge is -2.21. The first-order valence-electron chi connectivity index (χ1n) is 2.26. The molecule has 1 N–H and O–H groups in total. The Morgan fingerprint density at radius 3 is 1.08 bits per heavy atom. The Labute approximate surface area is 60.3 Å². The summed E-state index contributed by atoms with van der Waals surface area (Å²) in [5.74, 6) is 0. The average molecular weight is 203 g/mol. The fourth-order valence-corrected chi connectivity index (χ4v) is 0.249. The Bertz CT molecular complexity index is 153. The molecule has 0 bridgehead atoms. The molecule has 0 aliphatic rings. The van der Waals surface area contributed by atoms with Crippen molar-refractivity contribution in [1.82, 2.24) is 5.32 Å². The minimum Gasteiger partial charge on any atom is -0.178 e. The first-order valence-corrected chi connectivity index (χ1v) is 2.26. The van der Waals surface area contributed by atoms with Crippen molar-refractivity contribution in [3.8, 4) is 0 Å². The highest BCUT2D eigenvalue weighted by atomic mass is 19.4. The predicted octanol–water partition coefficient (Wildman–Crippen LogP) is 2.25. The second kappa shape index (κ2) is 2.71. The molecule has 1 nitrogen and oxygen atoms in total. The lowest BCUT2D eigenvalue weighted by atomic mass is 10.5. The maximum atomic E-state index is 11.5. The summed E-state index contributed by atoms with van der Waals surface area (Å²) in [6, 6.07) is -5.95. The van der Waals surface area contributed by atoms with Crippen LogP contribution < -0.4 is 5.32 Å². The Hall–Kier alpha value is -0.600. The summed E-state index contributed by atoms with van der Waals surface area (Å²) in [5.41, 5.74) is 0. The molecule has 0 radical (unpaired) electrons. The molecule has 9 heteroatoms. The quantitative estimate of drug-likeness (QED) is 0.509. The molecule has 12 heavy (non-hydrogen) atoms. The largest absolute Gasteiger partial charge is 0.469 e.